The van der Waals surface area contributed by atoms with Crippen LogP contribution in [0.5, 0.6) is 11.5 Å². The van der Waals surface area contributed by atoms with Crippen molar-refractivity contribution >= 4 is 5.96 Å². The third kappa shape index (κ3) is 7.23. The molecule has 1 saturated heterocycles. The summed E-state index contributed by atoms with van der Waals surface area (Å²) >= 11 is 0. The molecule has 2 N–H and O–H groups in total. The summed E-state index contributed by atoms with van der Waals surface area (Å²) in [6, 6.07) is 6.80. The number of methoxy groups -OCH3 is 2. The molecule has 0 aliphatic carbocycles. The fraction of sp³-hybridized carbons (Fsp3) is 0.682. The second-order valence-electron chi connectivity index (χ2n) is 7.45. The molecule has 1 aliphatic rings. The fourth-order valence-corrected chi connectivity index (χ4v) is 3.72. The van der Waals surface area contributed by atoms with Gasteiger partial charge in [0, 0.05) is 26.2 Å². The number of piperidine rings is 1. The van der Waals surface area contributed by atoms with Gasteiger partial charge in [0.25, 0.3) is 0 Å². The second kappa shape index (κ2) is 12.5. The molecule has 28 heavy (non-hydrogen) atoms. The Morgan fingerprint density at radius 2 is 1.89 bits per heavy atom. The minimum Gasteiger partial charge on any atom is -0.493 e. The zero-order valence-electron chi connectivity index (χ0n) is 18.1. The van der Waals surface area contributed by atoms with Gasteiger partial charge in [-0.05, 0) is 69.8 Å². The quantitative estimate of drug-likeness (QED) is 0.365. The molecular weight excluding hydrogens is 352 g/mol. The molecule has 0 aromatic heterocycles. The van der Waals surface area contributed by atoms with Gasteiger partial charge in [0.2, 0.25) is 0 Å². The molecule has 0 saturated carbocycles. The number of benzene rings is 1. The Bertz CT molecular complexity index is 606. The maximum atomic E-state index is 5.37. The van der Waals surface area contributed by atoms with E-state index >= 15 is 0 Å². The molecule has 0 amide bonds. The summed E-state index contributed by atoms with van der Waals surface area (Å²) in [6.45, 7) is 6.63. The van der Waals surface area contributed by atoms with Crippen LogP contribution in [0.15, 0.2) is 23.2 Å². The van der Waals surface area contributed by atoms with Gasteiger partial charge < -0.3 is 25.0 Å². The van der Waals surface area contributed by atoms with Crippen molar-refractivity contribution in [1.29, 1.82) is 0 Å². The van der Waals surface area contributed by atoms with E-state index in [1.54, 1.807) is 14.2 Å². The first-order valence-electron chi connectivity index (χ1n) is 10.6. The number of likely N-dealkylation sites (tertiary alicyclic amines) is 1. The molecule has 0 radical (unpaired) electrons. The van der Waals surface area contributed by atoms with E-state index in [1.165, 1.54) is 50.8 Å². The highest BCUT2D eigenvalue weighted by atomic mass is 16.5. The van der Waals surface area contributed by atoms with Crippen molar-refractivity contribution in [2.75, 3.05) is 47.4 Å². The van der Waals surface area contributed by atoms with E-state index in [9.17, 15) is 0 Å². The first-order valence-corrected chi connectivity index (χ1v) is 10.6. The normalized spacial score (nSPS) is 18.0. The summed E-state index contributed by atoms with van der Waals surface area (Å²) < 4.78 is 10.7. The molecule has 0 bridgehead atoms. The Morgan fingerprint density at radius 3 is 2.61 bits per heavy atom. The zero-order chi connectivity index (χ0) is 20.2. The molecule has 1 fully saturated rings. The minimum absolute atomic E-state index is 0.757. The van der Waals surface area contributed by atoms with Crippen molar-refractivity contribution in [3.05, 3.63) is 23.8 Å². The zero-order valence-corrected chi connectivity index (χ0v) is 18.1. The average Bonchev–Trinajstić information content (AvgIpc) is 2.73. The number of ether oxygens (including phenoxy) is 2. The van der Waals surface area contributed by atoms with Crippen molar-refractivity contribution < 1.29 is 9.47 Å². The Hall–Kier alpha value is -1.95. The fourth-order valence-electron chi connectivity index (χ4n) is 3.72. The molecule has 1 aliphatic heterocycles. The number of guanidine groups is 1. The van der Waals surface area contributed by atoms with Crippen LogP contribution in [-0.4, -0.2) is 64.3 Å². The summed E-state index contributed by atoms with van der Waals surface area (Å²) in [4.78, 5) is 6.96. The summed E-state index contributed by atoms with van der Waals surface area (Å²) in [6.07, 6.45) is 7.41. The number of nitrogens with one attached hydrogen (secondary N) is 2. The van der Waals surface area contributed by atoms with Gasteiger partial charge >= 0.3 is 0 Å². The smallest absolute Gasteiger partial charge is 0.190 e. The van der Waals surface area contributed by atoms with Gasteiger partial charge in [-0.25, -0.2) is 0 Å². The van der Waals surface area contributed by atoms with Gasteiger partial charge in [-0.3, -0.25) is 4.99 Å². The van der Waals surface area contributed by atoms with E-state index in [0.717, 1.165) is 43.0 Å². The minimum atomic E-state index is 0.757. The number of aliphatic imine (C=N–C) groups is 1. The van der Waals surface area contributed by atoms with Gasteiger partial charge in [0.05, 0.1) is 14.2 Å². The SMILES string of the molecule is CN=C(NCCCCN1CCCCC1C)NCCc1ccc(OC)c(OC)c1. The highest BCUT2D eigenvalue weighted by Gasteiger charge is 2.16. The van der Waals surface area contributed by atoms with Gasteiger partial charge in [0.1, 0.15) is 0 Å². The topological polar surface area (TPSA) is 58.1 Å². The molecule has 2 rings (SSSR count). The Balaban J connectivity index is 1.62. The number of nitrogens with zero attached hydrogens (tertiary/aromatic N) is 2. The van der Waals surface area contributed by atoms with Crippen molar-refractivity contribution in [1.82, 2.24) is 15.5 Å². The lowest BCUT2D eigenvalue weighted by Crippen LogP contribution is -2.40. The highest BCUT2D eigenvalue weighted by molar-refractivity contribution is 5.79. The van der Waals surface area contributed by atoms with Crippen LogP contribution in [0.3, 0.4) is 0 Å². The predicted octanol–water partition coefficient (Wildman–Crippen LogP) is 3.07. The monoisotopic (exact) mass is 390 g/mol. The van der Waals surface area contributed by atoms with Crippen molar-refractivity contribution in [3.63, 3.8) is 0 Å². The van der Waals surface area contributed by atoms with E-state index in [1.807, 2.05) is 19.2 Å². The molecule has 158 valence electrons. The number of rotatable bonds is 10. The first kappa shape index (κ1) is 22.3. The summed E-state index contributed by atoms with van der Waals surface area (Å²) in [5, 5.41) is 6.81. The van der Waals surface area contributed by atoms with Crippen molar-refractivity contribution in [2.24, 2.45) is 4.99 Å². The largest absolute Gasteiger partial charge is 0.493 e. The van der Waals surface area contributed by atoms with Gasteiger partial charge in [-0.1, -0.05) is 12.5 Å². The van der Waals surface area contributed by atoms with Crippen molar-refractivity contribution in [3.8, 4) is 11.5 Å². The first-order chi connectivity index (χ1) is 13.7. The van der Waals surface area contributed by atoms with E-state index < -0.39 is 0 Å². The molecule has 1 aromatic rings. The molecule has 1 unspecified atom stereocenters. The maximum Gasteiger partial charge on any atom is 0.190 e. The summed E-state index contributed by atoms with van der Waals surface area (Å²) in [5.74, 6) is 2.40. The van der Waals surface area contributed by atoms with E-state index in [-0.39, 0.29) is 0 Å². The lowest BCUT2D eigenvalue weighted by atomic mass is 10.0. The molecule has 1 aromatic carbocycles. The third-order valence-corrected chi connectivity index (χ3v) is 5.48. The molecule has 6 nitrogen and oxygen atoms in total. The third-order valence-electron chi connectivity index (χ3n) is 5.48. The Kier molecular flexibility index (Phi) is 9.97. The molecular formula is C22H38N4O2. The van der Waals surface area contributed by atoms with Crippen LogP contribution in [0.25, 0.3) is 0 Å². The van der Waals surface area contributed by atoms with Gasteiger partial charge in [0.15, 0.2) is 17.5 Å². The van der Waals surface area contributed by atoms with E-state index in [2.05, 4.69) is 33.5 Å². The lowest BCUT2D eigenvalue weighted by molar-refractivity contribution is 0.158. The standard InChI is InChI=1S/C22H38N4O2/c1-18-9-5-7-15-26(18)16-8-6-13-24-22(23-2)25-14-12-19-10-11-20(27-3)21(17-19)28-4/h10-11,17-18H,5-9,12-16H2,1-4H3,(H2,23,24,25). The Labute approximate surface area is 170 Å². The van der Waals surface area contributed by atoms with Crippen molar-refractivity contribution in [2.45, 2.75) is 51.5 Å². The van der Waals surface area contributed by atoms with E-state index in [0.29, 0.717) is 0 Å². The van der Waals surface area contributed by atoms with Crippen LogP contribution >= 0.6 is 0 Å². The summed E-state index contributed by atoms with van der Waals surface area (Å²) in [7, 11) is 5.14. The van der Waals surface area contributed by atoms with Crippen LogP contribution < -0.4 is 20.1 Å². The molecule has 0 spiro atoms. The average molecular weight is 391 g/mol. The molecule has 1 atom stereocenters. The van der Waals surface area contributed by atoms with Crippen LogP contribution in [0.4, 0.5) is 0 Å². The van der Waals surface area contributed by atoms with E-state index in [4.69, 9.17) is 9.47 Å². The van der Waals surface area contributed by atoms with Crippen LogP contribution in [0.1, 0.15) is 44.6 Å². The van der Waals surface area contributed by atoms with Crippen LogP contribution in [0, 0.1) is 0 Å². The van der Waals surface area contributed by atoms with Gasteiger partial charge in [-0.15, -0.1) is 0 Å². The molecule has 1 heterocycles. The van der Waals surface area contributed by atoms with Crippen LogP contribution in [0.2, 0.25) is 0 Å². The number of hydrogen-bond donors (Lipinski definition) is 2. The van der Waals surface area contributed by atoms with Gasteiger partial charge in [-0.2, -0.15) is 0 Å². The number of hydrogen-bond acceptors (Lipinski definition) is 4. The second-order valence-corrected chi connectivity index (χ2v) is 7.45. The number of unbranched alkanes of at least 4 members (excludes halogenated alkanes) is 1. The van der Waals surface area contributed by atoms with Crippen LogP contribution in [-0.2, 0) is 6.42 Å². The predicted molar refractivity (Wildman–Crippen MR) is 117 cm³/mol. The maximum absolute atomic E-state index is 5.37. The highest BCUT2D eigenvalue weighted by Crippen LogP contribution is 2.27. The summed E-state index contributed by atoms with van der Waals surface area (Å²) in [5.41, 5.74) is 1.20. The Morgan fingerprint density at radius 1 is 1.11 bits per heavy atom. The lowest BCUT2D eigenvalue weighted by Gasteiger charge is -2.33. The molecule has 6 heteroatoms.